The summed E-state index contributed by atoms with van der Waals surface area (Å²) in [5, 5.41) is 2.84. The van der Waals surface area contributed by atoms with Gasteiger partial charge in [0.1, 0.15) is 11.5 Å². The van der Waals surface area contributed by atoms with Crippen molar-refractivity contribution >= 4 is 12.0 Å². The Morgan fingerprint density at radius 3 is 2.86 bits per heavy atom. The minimum Gasteiger partial charge on any atom is -0.496 e. The van der Waals surface area contributed by atoms with Crippen LogP contribution in [0.3, 0.4) is 0 Å². The Kier molecular flexibility index (Phi) is 4.82. The monoisotopic (exact) mass is 285 g/mol. The Hall–Kier alpha value is -2.49. The molecule has 110 valence electrons. The number of benzene rings is 1. The van der Waals surface area contributed by atoms with E-state index in [1.165, 1.54) is 6.08 Å². The molecule has 1 amide bonds. The third kappa shape index (κ3) is 3.99. The van der Waals surface area contributed by atoms with Gasteiger partial charge in [0, 0.05) is 11.6 Å². The molecule has 0 saturated heterocycles. The van der Waals surface area contributed by atoms with Crippen LogP contribution in [0.5, 0.6) is 5.75 Å². The van der Waals surface area contributed by atoms with Gasteiger partial charge in [0.25, 0.3) is 0 Å². The molecule has 0 bridgehead atoms. The topological polar surface area (TPSA) is 51.5 Å². The fraction of sp³-hybridized carbons (Fsp3) is 0.235. The molecule has 1 atom stereocenters. The van der Waals surface area contributed by atoms with Gasteiger partial charge in [-0.15, -0.1) is 0 Å². The van der Waals surface area contributed by atoms with E-state index >= 15 is 0 Å². The lowest BCUT2D eigenvalue weighted by atomic mass is 10.1. The maximum Gasteiger partial charge on any atom is 0.244 e. The van der Waals surface area contributed by atoms with Crippen LogP contribution in [0.15, 0.2) is 47.1 Å². The van der Waals surface area contributed by atoms with Crippen LogP contribution in [0, 0.1) is 6.92 Å². The van der Waals surface area contributed by atoms with Gasteiger partial charge in [-0.1, -0.05) is 11.6 Å². The van der Waals surface area contributed by atoms with E-state index in [0.29, 0.717) is 0 Å². The molecular weight excluding hydrogens is 266 g/mol. The van der Waals surface area contributed by atoms with Gasteiger partial charge in [-0.05, 0) is 44.2 Å². The quantitative estimate of drug-likeness (QED) is 0.856. The number of rotatable bonds is 5. The van der Waals surface area contributed by atoms with Gasteiger partial charge in [0.15, 0.2) is 0 Å². The van der Waals surface area contributed by atoms with Crippen LogP contribution in [0.4, 0.5) is 0 Å². The van der Waals surface area contributed by atoms with Crippen molar-refractivity contribution in [3.05, 3.63) is 59.6 Å². The van der Waals surface area contributed by atoms with Crippen LogP contribution in [-0.2, 0) is 4.79 Å². The molecule has 2 rings (SSSR count). The highest BCUT2D eigenvalue weighted by Crippen LogP contribution is 2.21. The Balaban J connectivity index is 2.04. The number of methoxy groups -OCH3 is 1. The molecule has 2 aromatic rings. The first-order chi connectivity index (χ1) is 10.1. The largest absolute Gasteiger partial charge is 0.496 e. The van der Waals surface area contributed by atoms with Crippen molar-refractivity contribution in [2.24, 2.45) is 0 Å². The van der Waals surface area contributed by atoms with Gasteiger partial charge in [0.2, 0.25) is 5.91 Å². The molecule has 0 aliphatic carbocycles. The summed E-state index contributed by atoms with van der Waals surface area (Å²) in [4.78, 5) is 11.9. The number of furan rings is 1. The van der Waals surface area contributed by atoms with E-state index in [9.17, 15) is 4.79 Å². The van der Waals surface area contributed by atoms with E-state index < -0.39 is 0 Å². The lowest BCUT2D eigenvalue weighted by molar-refractivity contribution is -0.117. The third-order valence-electron chi connectivity index (χ3n) is 3.13. The molecule has 4 nitrogen and oxygen atoms in total. The molecule has 1 aromatic heterocycles. The SMILES string of the molecule is COc1ccc(C)cc1/C=C/C(=O)N[C@@H](C)c1ccco1. The van der Waals surface area contributed by atoms with Gasteiger partial charge in [-0.2, -0.15) is 0 Å². The zero-order valence-electron chi connectivity index (χ0n) is 12.4. The molecule has 0 spiro atoms. The molecule has 21 heavy (non-hydrogen) atoms. The Labute approximate surface area is 124 Å². The zero-order valence-corrected chi connectivity index (χ0v) is 12.4. The standard InChI is InChI=1S/C17H19NO3/c1-12-6-8-16(20-3)14(11-12)7-9-17(19)18-13(2)15-5-4-10-21-15/h4-11,13H,1-3H3,(H,18,19)/b9-7+/t13-/m0/s1. The molecule has 0 radical (unpaired) electrons. The highest BCUT2D eigenvalue weighted by atomic mass is 16.5. The van der Waals surface area contributed by atoms with E-state index in [1.807, 2.05) is 38.1 Å². The van der Waals surface area contributed by atoms with Gasteiger partial charge in [-0.25, -0.2) is 0 Å². The maximum atomic E-state index is 11.9. The summed E-state index contributed by atoms with van der Waals surface area (Å²) >= 11 is 0. The average molecular weight is 285 g/mol. The number of amides is 1. The smallest absolute Gasteiger partial charge is 0.244 e. The number of nitrogens with one attached hydrogen (secondary N) is 1. The molecule has 0 saturated carbocycles. The fourth-order valence-corrected chi connectivity index (χ4v) is 2.02. The van der Waals surface area contributed by atoms with Crippen molar-refractivity contribution in [1.29, 1.82) is 0 Å². The fourth-order valence-electron chi connectivity index (χ4n) is 2.02. The first kappa shape index (κ1) is 14.9. The molecule has 1 heterocycles. The summed E-state index contributed by atoms with van der Waals surface area (Å²) in [5.74, 6) is 1.29. The van der Waals surface area contributed by atoms with Crippen LogP contribution in [0.25, 0.3) is 6.08 Å². The highest BCUT2D eigenvalue weighted by Gasteiger charge is 2.09. The Bertz CT molecular complexity index is 629. The average Bonchev–Trinajstić information content (AvgIpc) is 2.99. The van der Waals surface area contributed by atoms with Gasteiger partial charge in [-0.3, -0.25) is 4.79 Å². The Morgan fingerprint density at radius 2 is 2.19 bits per heavy atom. The van der Waals surface area contributed by atoms with E-state index in [4.69, 9.17) is 9.15 Å². The summed E-state index contributed by atoms with van der Waals surface area (Å²) in [6.07, 6.45) is 4.83. The minimum atomic E-state index is -0.178. The molecule has 0 aliphatic rings. The van der Waals surface area contributed by atoms with Gasteiger partial charge in [0.05, 0.1) is 19.4 Å². The zero-order chi connectivity index (χ0) is 15.2. The predicted octanol–water partition coefficient (Wildman–Crippen LogP) is 3.49. The summed E-state index contributed by atoms with van der Waals surface area (Å²) < 4.78 is 10.5. The molecule has 0 aliphatic heterocycles. The number of carbonyl (C=O) groups excluding carboxylic acids is 1. The lowest BCUT2D eigenvalue weighted by Crippen LogP contribution is -2.24. The first-order valence-corrected chi connectivity index (χ1v) is 6.77. The normalized spacial score (nSPS) is 12.3. The number of aryl methyl sites for hydroxylation is 1. The minimum absolute atomic E-state index is 0.170. The van der Waals surface area contributed by atoms with E-state index in [2.05, 4.69) is 5.32 Å². The van der Waals surface area contributed by atoms with E-state index in [-0.39, 0.29) is 11.9 Å². The molecular formula is C17H19NO3. The van der Waals surface area contributed by atoms with Gasteiger partial charge < -0.3 is 14.5 Å². The Morgan fingerprint density at radius 1 is 1.38 bits per heavy atom. The molecule has 1 N–H and O–H groups in total. The highest BCUT2D eigenvalue weighted by molar-refractivity contribution is 5.92. The summed E-state index contributed by atoms with van der Waals surface area (Å²) in [6, 6.07) is 9.28. The van der Waals surface area contributed by atoms with Crippen molar-refractivity contribution in [1.82, 2.24) is 5.32 Å². The predicted molar refractivity (Wildman–Crippen MR) is 82.0 cm³/mol. The van der Waals surface area contributed by atoms with Crippen LogP contribution in [0.1, 0.15) is 29.9 Å². The summed E-state index contributed by atoms with van der Waals surface area (Å²) in [7, 11) is 1.61. The van der Waals surface area contributed by atoms with Crippen molar-refractivity contribution in [3.63, 3.8) is 0 Å². The first-order valence-electron chi connectivity index (χ1n) is 6.77. The van der Waals surface area contributed by atoms with E-state index in [1.54, 1.807) is 25.5 Å². The number of hydrogen-bond donors (Lipinski definition) is 1. The number of carbonyl (C=O) groups is 1. The third-order valence-corrected chi connectivity index (χ3v) is 3.13. The lowest BCUT2D eigenvalue weighted by Gasteiger charge is -2.09. The van der Waals surface area contributed by atoms with Crippen molar-refractivity contribution in [2.75, 3.05) is 7.11 Å². The van der Waals surface area contributed by atoms with Crippen molar-refractivity contribution < 1.29 is 13.9 Å². The molecule has 1 aromatic carbocycles. The van der Waals surface area contributed by atoms with Crippen LogP contribution in [-0.4, -0.2) is 13.0 Å². The second-order valence-corrected chi connectivity index (χ2v) is 4.82. The van der Waals surface area contributed by atoms with Crippen molar-refractivity contribution in [2.45, 2.75) is 19.9 Å². The van der Waals surface area contributed by atoms with Crippen LogP contribution in [0.2, 0.25) is 0 Å². The summed E-state index contributed by atoms with van der Waals surface area (Å²) in [6.45, 7) is 3.87. The molecule has 0 unspecified atom stereocenters. The van der Waals surface area contributed by atoms with Crippen LogP contribution >= 0.6 is 0 Å². The maximum absolute atomic E-state index is 11.9. The summed E-state index contributed by atoms with van der Waals surface area (Å²) in [5.41, 5.74) is 1.98. The number of hydrogen-bond acceptors (Lipinski definition) is 3. The molecule has 4 heteroatoms. The number of ether oxygens (including phenoxy) is 1. The second-order valence-electron chi connectivity index (χ2n) is 4.82. The second kappa shape index (κ2) is 6.79. The van der Waals surface area contributed by atoms with Crippen LogP contribution < -0.4 is 10.1 Å². The van der Waals surface area contributed by atoms with Gasteiger partial charge >= 0.3 is 0 Å². The van der Waals surface area contributed by atoms with E-state index in [0.717, 1.165) is 22.6 Å². The molecule has 0 fully saturated rings. The van der Waals surface area contributed by atoms with Crippen molar-refractivity contribution in [3.8, 4) is 5.75 Å².